The van der Waals surface area contributed by atoms with E-state index in [0.717, 1.165) is 23.4 Å². The molecule has 2 aromatic rings. The molecule has 4 rings (SSSR count). The summed E-state index contributed by atoms with van der Waals surface area (Å²) in [6.07, 6.45) is 5.60. The van der Waals surface area contributed by atoms with E-state index in [2.05, 4.69) is 34.9 Å². The molecule has 1 amide bonds. The Balaban J connectivity index is 1.68. The molecular weight excluding hydrogens is 324 g/mol. The molecular formula is C22H24N2O2. The van der Waals surface area contributed by atoms with E-state index >= 15 is 0 Å². The molecule has 1 heterocycles. The van der Waals surface area contributed by atoms with Gasteiger partial charge in [0.25, 0.3) is 5.91 Å². The molecule has 0 fully saturated rings. The lowest BCUT2D eigenvalue weighted by atomic mass is 9.76. The van der Waals surface area contributed by atoms with Gasteiger partial charge in [-0.3, -0.25) is 4.79 Å². The fraction of sp³-hybridized carbons (Fsp3) is 0.318. The Morgan fingerprint density at radius 2 is 2.04 bits per heavy atom. The maximum Gasteiger partial charge on any atom is 0.251 e. The van der Waals surface area contributed by atoms with Gasteiger partial charge in [0.2, 0.25) is 0 Å². The van der Waals surface area contributed by atoms with E-state index in [1.54, 1.807) is 7.11 Å². The van der Waals surface area contributed by atoms with Crippen molar-refractivity contribution in [2.24, 2.45) is 5.92 Å². The van der Waals surface area contributed by atoms with Crippen molar-refractivity contribution in [3.05, 3.63) is 71.3 Å². The standard InChI is InChI=1S/C22H24N2O2/c1-3-23-22(25)15-9-12-20-19(13-15)17-5-4-6-18(17)21(24-20)14-7-10-16(26-2)11-8-14/h4-5,7-13,17-18,21,24H,3,6H2,1-2H3,(H,23,25). The van der Waals surface area contributed by atoms with Gasteiger partial charge in [-0.25, -0.2) is 0 Å². The van der Waals surface area contributed by atoms with E-state index in [9.17, 15) is 4.79 Å². The van der Waals surface area contributed by atoms with Gasteiger partial charge in [-0.15, -0.1) is 0 Å². The number of anilines is 1. The van der Waals surface area contributed by atoms with Crippen molar-refractivity contribution in [3.8, 4) is 5.75 Å². The summed E-state index contributed by atoms with van der Waals surface area (Å²) in [6.45, 7) is 2.58. The molecule has 3 unspecified atom stereocenters. The van der Waals surface area contributed by atoms with Crippen molar-refractivity contribution < 1.29 is 9.53 Å². The second kappa shape index (κ2) is 6.87. The van der Waals surface area contributed by atoms with E-state index in [-0.39, 0.29) is 11.9 Å². The zero-order valence-corrected chi connectivity index (χ0v) is 15.2. The summed E-state index contributed by atoms with van der Waals surface area (Å²) < 4.78 is 5.28. The first-order valence-corrected chi connectivity index (χ1v) is 9.20. The molecule has 0 aromatic heterocycles. The highest BCUT2D eigenvalue weighted by atomic mass is 16.5. The van der Waals surface area contributed by atoms with Crippen LogP contribution >= 0.6 is 0 Å². The molecule has 4 heteroatoms. The molecule has 2 N–H and O–H groups in total. The molecule has 134 valence electrons. The smallest absolute Gasteiger partial charge is 0.251 e. The van der Waals surface area contributed by atoms with Gasteiger partial charge in [0.05, 0.1) is 13.2 Å². The SMILES string of the molecule is CCNC(=O)c1ccc2c(c1)C1C=CCC1C(c1ccc(OC)cc1)N2. The predicted octanol–water partition coefficient (Wildman–Crippen LogP) is 4.27. The summed E-state index contributed by atoms with van der Waals surface area (Å²) in [5.74, 6) is 1.66. The number of nitrogens with one attached hydrogen (secondary N) is 2. The van der Waals surface area contributed by atoms with Gasteiger partial charge in [0, 0.05) is 23.7 Å². The number of fused-ring (bicyclic) bond motifs is 3. The van der Waals surface area contributed by atoms with Gasteiger partial charge in [0.1, 0.15) is 5.75 Å². The summed E-state index contributed by atoms with van der Waals surface area (Å²) in [5.41, 5.74) is 4.33. The Morgan fingerprint density at radius 1 is 1.23 bits per heavy atom. The van der Waals surface area contributed by atoms with Crippen molar-refractivity contribution in [3.63, 3.8) is 0 Å². The second-order valence-corrected chi connectivity index (χ2v) is 6.91. The van der Waals surface area contributed by atoms with Crippen LogP contribution in [-0.2, 0) is 0 Å². The van der Waals surface area contributed by atoms with Gasteiger partial charge in [-0.05, 0) is 60.7 Å². The number of hydrogen-bond donors (Lipinski definition) is 2. The predicted molar refractivity (Wildman–Crippen MR) is 104 cm³/mol. The Labute approximate surface area is 154 Å². The summed E-state index contributed by atoms with van der Waals surface area (Å²) in [6, 6.07) is 14.6. The normalized spacial score (nSPS) is 22.9. The van der Waals surface area contributed by atoms with Crippen molar-refractivity contribution in [1.29, 1.82) is 0 Å². The van der Waals surface area contributed by atoms with E-state index in [1.807, 2.05) is 37.3 Å². The third-order valence-electron chi connectivity index (χ3n) is 5.44. The monoisotopic (exact) mass is 348 g/mol. The summed E-state index contributed by atoms with van der Waals surface area (Å²) in [5, 5.41) is 6.59. The molecule has 26 heavy (non-hydrogen) atoms. The van der Waals surface area contributed by atoms with Crippen LogP contribution in [0, 0.1) is 5.92 Å². The highest BCUT2D eigenvalue weighted by Crippen LogP contribution is 2.50. The molecule has 0 saturated heterocycles. The van der Waals surface area contributed by atoms with Crippen molar-refractivity contribution in [2.45, 2.75) is 25.3 Å². The van der Waals surface area contributed by atoms with Gasteiger partial charge in [-0.2, -0.15) is 0 Å². The number of carbonyl (C=O) groups excluding carboxylic acids is 1. The van der Waals surface area contributed by atoms with Crippen molar-refractivity contribution in [2.75, 3.05) is 19.0 Å². The highest BCUT2D eigenvalue weighted by molar-refractivity contribution is 5.95. The lowest BCUT2D eigenvalue weighted by Gasteiger charge is -2.37. The van der Waals surface area contributed by atoms with Crippen LogP contribution in [0.25, 0.3) is 0 Å². The van der Waals surface area contributed by atoms with Gasteiger partial charge in [-0.1, -0.05) is 24.3 Å². The van der Waals surface area contributed by atoms with Crippen LogP contribution in [0.3, 0.4) is 0 Å². The molecule has 2 aliphatic rings. The average molecular weight is 348 g/mol. The zero-order valence-electron chi connectivity index (χ0n) is 15.2. The first-order chi connectivity index (χ1) is 12.7. The van der Waals surface area contributed by atoms with Gasteiger partial charge in [0.15, 0.2) is 0 Å². The number of benzene rings is 2. The van der Waals surface area contributed by atoms with Crippen LogP contribution < -0.4 is 15.4 Å². The number of allylic oxidation sites excluding steroid dienone is 2. The third kappa shape index (κ3) is 2.85. The topological polar surface area (TPSA) is 50.4 Å². The molecule has 0 bridgehead atoms. The van der Waals surface area contributed by atoms with Crippen LogP contribution in [0.2, 0.25) is 0 Å². The maximum absolute atomic E-state index is 12.2. The van der Waals surface area contributed by atoms with Crippen LogP contribution in [0.5, 0.6) is 5.75 Å². The van der Waals surface area contributed by atoms with Crippen molar-refractivity contribution >= 4 is 11.6 Å². The molecule has 1 aliphatic heterocycles. The number of methoxy groups -OCH3 is 1. The van der Waals surface area contributed by atoms with Crippen LogP contribution in [-0.4, -0.2) is 19.6 Å². The Hall–Kier alpha value is -2.75. The minimum atomic E-state index is -0.00824. The molecule has 0 spiro atoms. The quantitative estimate of drug-likeness (QED) is 0.811. The maximum atomic E-state index is 12.2. The highest BCUT2D eigenvalue weighted by Gasteiger charge is 2.38. The molecule has 0 radical (unpaired) electrons. The number of amides is 1. The van der Waals surface area contributed by atoms with E-state index in [1.165, 1.54) is 11.1 Å². The molecule has 2 aromatic carbocycles. The lowest BCUT2D eigenvalue weighted by Crippen LogP contribution is -2.30. The second-order valence-electron chi connectivity index (χ2n) is 6.91. The first kappa shape index (κ1) is 16.7. The van der Waals surface area contributed by atoms with Gasteiger partial charge < -0.3 is 15.4 Å². The molecule has 0 saturated carbocycles. The Morgan fingerprint density at radius 3 is 2.77 bits per heavy atom. The van der Waals surface area contributed by atoms with E-state index in [4.69, 9.17) is 4.74 Å². The van der Waals surface area contributed by atoms with E-state index < -0.39 is 0 Å². The zero-order chi connectivity index (χ0) is 18.1. The molecule has 4 nitrogen and oxygen atoms in total. The summed E-state index contributed by atoms with van der Waals surface area (Å²) in [7, 11) is 1.69. The Kier molecular flexibility index (Phi) is 4.41. The Bertz CT molecular complexity index is 842. The van der Waals surface area contributed by atoms with E-state index in [0.29, 0.717) is 18.4 Å². The molecule has 3 atom stereocenters. The van der Waals surface area contributed by atoms with Crippen LogP contribution in [0.4, 0.5) is 5.69 Å². The third-order valence-corrected chi connectivity index (χ3v) is 5.44. The van der Waals surface area contributed by atoms with Crippen LogP contribution in [0.1, 0.15) is 46.8 Å². The molecule has 1 aliphatic carbocycles. The largest absolute Gasteiger partial charge is 0.497 e. The average Bonchev–Trinajstić information content (AvgIpc) is 3.17. The minimum Gasteiger partial charge on any atom is -0.497 e. The van der Waals surface area contributed by atoms with Crippen LogP contribution in [0.15, 0.2) is 54.6 Å². The minimum absolute atomic E-state index is 0.00824. The fourth-order valence-corrected chi connectivity index (χ4v) is 4.14. The fourth-order valence-electron chi connectivity index (χ4n) is 4.14. The lowest BCUT2D eigenvalue weighted by molar-refractivity contribution is 0.0955. The number of rotatable bonds is 4. The summed E-state index contributed by atoms with van der Waals surface area (Å²) >= 11 is 0. The van der Waals surface area contributed by atoms with Gasteiger partial charge >= 0.3 is 0 Å². The number of ether oxygens (including phenoxy) is 1. The summed E-state index contributed by atoms with van der Waals surface area (Å²) in [4.78, 5) is 12.2. The first-order valence-electron chi connectivity index (χ1n) is 9.20. The van der Waals surface area contributed by atoms with Crippen molar-refractivity contribution in [1.82, 2.24) is 5.32 Å². The number of hydrogen-bond acceptors (Lipinski definition) is 3. The number of carbonyl (C=O) groups is 1.